The maximum Gasteiger partial charge on any atom is 0.161 e. The number of likely N-dealkylation sites (tertiary alicyclic amines) is 1. The molecule has 3 nitrogen and oxygen atoms in total. The van der Waals surface area contributed by atoms with Crippen LogP contribution in [0.3, 0.4) is 0 Å². The predicted molar refractivity (Wildman–Crippen MR) is 88.7 cm³/mol. The molecule has 1 aromatic carbocycles. The molecular formula is C14H19BrFN3S. The van der Waals surface area contributed by atoms with E-state index in [1.54, 1.807) is 12.1 Å². The lowest BCUT2D eigenvalue weighted by molar-refractivity contribution is 0.190. The number of hydrogen-bond donors (Lipinski definition) is 2. The highest BCUT2D eigenvalue weighted by molar-refractivity contribution is 9.10. The second kappa shape index (κ2) is 6.37. The maximum atomic E-state index is 14.3. The number of piperidine rings is 1. The first-order valence-electron chi connectivity index (χ1n) is 6.64. The maximum absolute atomic E-state index is 14.3. The second-order valence-corrected chi connectivity index (χ2v) is 6.58. The summed E-state index contributed by atoms with van der Waals surface area (Å²) in [6, 6.07) is 4.25. The van der Waals surface area contributed by atoms with Crippen molar-refractivity contribution >= 4 is 38.8 Å². The normalized spacial score (nSPS) is 23.6. The summed E-state index contributed by atoms with van der Waals surface area (Å²) in [5.41, 5.74) is 6.59. The lowest BCUT2D eigenvalue weighted by Gasteiger charge is -2.35. The molecule has 2 rings (SSSR count). The van der Waals surface area contributed by atoms with E-state index in [9.17, 15) is 4.39 Å². The molecule has 0 bridgehead atoms. The molecule has 0 amide bonds. The van der Waals surface area contributed by atoms with Crippen molar-refractivity contribution < 1.29 is 4.39 Å². The quantitative estimate of drug-likeness (QED) is 0.813. The molecule has 6 heteroatoms. The van der Waals surface area contributed by atoms with Crippen LogP contribution in [-0.2, 0) is 0 Å². The number of thiocarbonyl (C=S) groups is 1. The lowest BCUT2D eigenvalue weighted by atomic mass is 9.98. The number of anilines is 1. The molecule has 1 aliphatic rings. The predicted octanol–water partition coefficient (Wildman–Crippen LogP) is 3.12. The average Bonchev–Trinajstić information content (AvgIpc) is 2.39. The average molecular weight is 360 g/mol. The van der Waals surface area contributed by atoms with Crippen LogP contribution in [0.25, 0.3) is 0 Å². The molecular weight excluding hydrogens is 341 g/mol. The number of hydrogen-bond acceptors (Lipinski definition) is 3. The summed E-state index contributed by atoms with van der Waals surface area (Å²) in [4.78, 5) is 2.51. The van der Waals surface area contributed by atoms with E-state index in [4.69, 9.17) is 18.0 Å². The van der Waals surface area contributed by atoms with Crippen LogP contribution < -0.4 is 11.1 Å². The highest BCUT2D eigenvalue weighted by Gasteiger charge is 2.24. The van der Waals surface area contributed by atoms with Gasteiger partial charge in [-0.25, -0.2) is 4.39 Å². The van der Waals surface area contributed by atoms with Crippen LogP contribution in [0, 0.1) is 5.82 Å². The number of nitrogens with one attached hydrogen (secondary N) is 1. The lowest BCUT2D eigenvalue weighted by Crippen LogP contribution is -2.42. The summed E-state index contributed by atoms with van der Waals surface area (Å²) in [5.74, 6) is -0.332. The highest BCUT2D eigenvalue weighted by atomic mass is 79.9. The topological polar surface area (TPSA) is 41.3 Å². The molecule has 0 radical (unpaired) electrons. The fourth-order valence-electron chi connectivity index (χ4n) is 2.49. The SMILES string of the molecule is CC1CC(Nc2ccc(C(N)=S)c(Br)c2F)CCN1C. The molecule has 0 aromatic heterocycles. The monoisotopic (exact) mass is 359 g/mol. The van der Waals surface area contributed by atoms with Crippen molar-refractivity contribution in [1.29, 1.82) is 0 Å². The summed E-state index contributed by atoms with van der Waals surface area (Å²) < 4.78 is 14.6. The smallest absolute Gasteiger partial charge is 0.161 e. The van der Waals surface area contributed by atoms with E-state index >= 15 is 0 Å². The third kappa shape index (κ3) is 3.30. The van der Waals surface area contributed by atoms with Gasteiger partial charge in [0.15, 0.2) is 5.82 Å². The molecule has 1 heterocycles. The van der Waals surface area contributed by atoms with Gasteiger partial charge < -0.3 is 16.0 Å². The van der Waals surface area contributed by atoms with Gasteiger partial charge >= 0.3 is 0 Å². The van der Waals surface area contributed by atoms with Gasteiger partial charge in [-0.3, -0.25) is 0 Å². The molecule has 1 saturated heterocycles. The van der Waals surface area contributed by atoms with Crippen molar-refractivity contribution in [3.05, 3.63) is 28.0 Å². The highest BCUT2D eigenvalue weighted by Crippen LogP contribution is 2.29. The van der Waals surface area contributed by atoms with Gasteiger partial charge in [-0.2, -0.15) is 0 Å². The summed E-state index contributed by atoms with van der Waals surface area (Å²) >= 11 is 8.12. The number of nitrogens with two attached hydrogens (primary N) is 1. The van der Waals surface area contributed by atoms with Crippen molar-refractivity contribution in [2.45, 2.75) is 31.8 Å². The van der Waals surface area contributed by atoms with E-state index in [-0.39, 0.29) is 10.8 Å². The zero-order valence-corrected chi connectivity index (χ0v) is 14.0. The first-order valence-corrected chi connectivity index (χ1v) is 7.85. The Bertz CT molecular complexity index is 523. The van der Waals surface area contributed by atoms with Gasteiger partial charge in [-0.1, -0.05) is 12.2 Å². The van der Waals surface area contributed by atoms with Crippen LogP contribution in [-0.4, -0.2) is 35.6 Å². The molecule has 2 unspecified atom stereocenters. The summed E-state index contributed by atoms with van der Waals surface area (Å²) in [6.07, 6.45) is 2.01. The minimum Gasteiger partial charge on any atom is -0.389 e. The third-order valence-corrected chi connectivity index (χ3v) is 4.91. The van der Waals surface area contributed by atoms with Crippen LogP contribution >= 0.6 is 28.1 Å². The molecule has 1 aliphatic heterocycles. The minimum atomic E-state index is -0.332. The summed E-state index contributed by atoms with van der Waals surface area (Å²) in [5, 5.41) is 3.29. The van der Waals surface area contributed by atoms with E-state index in [0.29, 0.717) is 27.8 Å². The van der Waals surface area contributed by atoms with Crippen molar-refractivity contribution in [2.24, 2.45) is 5.73 Å². The Kier molecular flexibility index (Phi) is 4.99. The number of nitrogens with zero attached hydrogens (tertiary/aromatic N) is 1. The van der Waals surface area contributed by atoms with Gasteiger partial charge in [-0.15, -0.1) is 0 Å². The molecule has 2 atom stereocenters. The van der Waals surface area contributed by atoms with Gasteiger partial charge in [0.25, 0.3) is 0 Å². The van der Waals surface area contributed by atoms with E-state index in [2.05, 4.69) is 40.1 Å². The van der Waals surface area contributed by atoms with Crippen LogP contribution in [0.2, 0.25) is 0 Å². The fourth-order valence-corrected chi connectivity index (χ4v) is 3.35. The summed E-state index contributed by atoms with van der Waals surface area (Å²) in [6.45, 7) is 3.21. The Morgan fingerprint density at radius 2 is 2.25 bits per heavy atom. The first kappa shape index (κ1) is 15.7. The van der Waals surface area contributed by atoms with Crippen molar-refractivity contribution in [2.75, 3.05) is 18.9 Å². The third-order valence-electron chi connectivity index (χ3n) is 3.92. The molecule has 0 spiro atoms. The van der Waals surface area contributed by atoms with E-state index in [1.165, 1.54) is 0 Å². The molecule has 20 heavy (non-hydrogen) atoms. The Labute approximate surface area is 132 Å². The van der Waals surface area contributed by atoms with Crippen molar-refractivity contribution in [3.8, 4) is 0 Å². The zero-order chi connectivity index (χ0) is 14.9. The van der Waals surface area contributed by atoms with Gasteiger partial charge in [-0.05, 0) is 54.9 Å². The fraction of sp³-hybridized carbons (Fsp3) is 0.500. The molecule has 1 fully saturated rings. The Hall–Kier alpha value is -0.720. The Balaban J connectivity index is 2.14. The molecule has 1 aromatic rings. The Morgan fingerprint density at radius 3 is 2.85 bits per heavy atom. The molecule has 0 aliphatic carbocycles. The van der Waals surface area contributed by atoms with Crippen molar-refractivity contribution in [3.63, 3.8) is 0 Å². The summed E-state index contributed by atoms with van der Waals surface area (Å²) in [7, 11) is 2.12. The molecule has 3 N–H and O–H groups in total. The van der Waals surface area contributed by atoms with Gasteiger partial charge in [0.1, 0.15) is 4.99 Å². The number of rotatable bonds is 3. The van der Waals surface area contributed by atoms with Crippen LogP contribution in [0.15, 0.2) is 16.6 Å². The van der Waals surface area contributed by atoms with E-state index < -0.39 is 0 Å². The van der Waals surface area contributed by atoms with Crippen molar-refractivity contribution in [1.82, 2.24) is 4.90 Å². The first-order chi connectivity index (χ1) is 9.40. The van der Waals surface area contributed by atoms with Crippen LogP contribution in [0.1, 0.15) is 25.3 Å². The minimum absolute atomic E-state index is 0.190. The largest absolute Gasteiger partial charge is 0.389 e. The molecule has 110 valence electrons. The van der Waals surface area contributed by atoms with Gasteiger partial charge in [0.05, 0.1) is 10.2 Å². The molecule has 0 saturated carbocycles. The number of benzene rings is 1. The Morgan fingerprint density at radius 1 is 1.55 bits per heavy atom. The van der Waals surface area contributed by atoms with E-state index in [1.807, 2.05) is 0 Å². The van der Waals surface area contributed by atoms with Gasteiger partial charge in [0, 0.05) is 24.2 Å². The zero-order valence-electron chi connectivity index (χ0n) is 11.6. The van der Waals surface area contributed by atoms with Crippen LogP contribution in [0.5, 0.6) is 0 Å². The van der Waals surface area contributed by atoms with Crippen LogP contribution in [0.4, 0.5) is 10.1 Å². The second-order valence-electron chi connectivity index (χ2n) is 5.35. The standard InChI is InChI=1S/C14H19BrFN3S/c1-8-7-9(5-6-19(8)2)18-11-4-3-10(14(17)20)12(15)13(11)16/h3-4,8-9,18H,5-7H2,1-2H3,(H2,17,20). The van der Waals surface area contributed by atoms with E-state index in [0.717, 1.165) is 19.4 Å². The van der Waals surface area contributed by atoms with Gasteiger partial charge in [0.2, 0.25) is 0 Å². The number of halogens is 2.